The molecule has 0 spiro atoms. The maximum absolute atomic E-state index is 12.5. The van der Waals surface area contributed by atoms with Crippen LogP contribution in [0.3, 0.4) is 0 Å². The van der Waals surface area contributed by atoms with Crippen LogP contribution in [-0.2, 0) is 22.7 Å². The molecule has 2 aromatic rings. The van der Waals surface area contributed by atoms with Crippen LogP contribution in [0.1, 0.15) is 16.7 Å². The Balaban J connectivity index is 1.65. The average Bonchev–Trinajstić information content (AvgIpc) is 2.66. The van der Waals surface area contributed by atoms with Crippen molar-refractivity contribution in [3.63, 3.8) is 0 Å². The zero-order valence-electron chi connectivity index (χ0n) is 14.9. The summed E-state index contributed by atoms with van der Waals surface area (Å²) < 4.78 is 49.3. The molecule has 0 aromatic heterocycles. The molecule has 0 saturated heterocycles. The minimum atomic E-state index is -4.38. The summed E-state index contributed by atoms with van der Waals surface area (Å²) in [6.07, 6.45) is -4.38. The lowest BCUT2D eigenvalue weighted by atomic mass is 10.1. The Bertz CT molecular complexity index is 857. The molecule has 2 rings (SSSR count). The number of alkyl halides is 3. The van der Waals surface area contributed by atoms with E-state index in [1.165, 1.54) is 12.1 Å². The second-order valence-electron chi connectivity index (χ2n) is 5.76. The number of benzene rings is 2. The zero-order chi connectivity index (χ0) is 20.4. The lowest BCUT2D eigenvalue weighted by molar-refractivity contribution is -0.137. The molecule has 4 nitrogen and oxygen atoms in total. The van der Waals surface area contributed by atoms with Gasteiger partial charge in [0.1, 0.15) is 0 Å². The van der Waals surface area contributed by atoms with Crippen molar-refractivity contribution < 1.29 is 22.2 Å². The first-order valence-electron chi connectivity index (χ1n) is 8.41. The third-order valence-corrected chi connectivity index (χ3v) is 4.88. The van der Waals surface area contributed by atoms with E-state index in [2.05, 4.69) is 22.5 Å². The van der Waals surface area contributed by atoms with E-state index in [4.69, 9.17) is 0 Å². The molecular weight excluding hydrogens is 389 g/mol. The first-order valence-corrected chi connectivity index (χ1v) is 9.90. The summed E-state index contributed by atoms with van der Waals surface area (Å²) in [5.74, 6) is 6.10. The predicted molar refractivity (Wildman–Crippen MR) is 103 cm³/mol. The summed E-state index contributed by atoms with van der Waals surface area (Å²) in [5, 5.41) is 5.10. The van der Waals surface area contributed by atoms with Crippen LogP contribution in [0.4, 0.5) is 18.0 Å². The Morgan fingerprint density at radius 3 is 2.32 bits per heavy atom. The normalized spacial score (nSPS) is 11.8. The van der Waals surface area contributed by atoms with Crippen molar-refractivity contribution in [3.05, 3.63) is 71.3 Å². The van der Waals surface area contributed by atoms with E-state index in [0.717, 1.165) is 17.7 Å². The summed E-state index contributed by atoms with van der Waals surface area (Å²) in [4.78, 5) is 11.6. The highest BCUT2D eigenvalue weighted by molar-refractivity contribution is 7.84. The minimum Gasteiger partial charge on any atom is -0.337 e. The van der Waals surface area contributed by atoms with Crippen LogP contribution in [0.25, 0.3) is 0 Å². The molecular formula is C20H19F3N2O2S. The molecule has 0 aliphatic heterocycles. The maximum Gasteiger partial charge on any atom is 0.416 e. The standard InChI is InChI=1S/C20H19F3N2O2S/c21-20(22,23)18-10-8-16(9-11-18)7-4-12-24-19(26)25-13-14-28(27)15-17-5-2-1-3-6-17/h1-3,5-6,8-11H,12-15H2,(H2,24,25,26)/t28-/m1/s1. The van der Waals surface area contributed by atoms with Crippen molar-refractivity contribution in [1.82, 2.24) is 10.6 Å². The van der Waals surface area contributed by atoms with Gasteiger partial charge in [-0.05, 0) is 29.8 Å². The molecule has 148 valence electrons. The average molecular weight is 408 g/mol. The van der Waals surface area contributed by atoms with E-state index in [1.54, 1.807) is 0 Å². The van der Waals surface area contributed by atoms with E-state index < -0.39 is 28.6 Å². The Morgan fingerprint density at radius 1 is 1.00 bits per heavy atom. The second kappa shape index (κ2) is 10.5. The number of nitrogens with one attached hydrogen (secondary N) is 2. The van der Waals surface area contributed by atoms with Gasteiger partial charge < -0.3 is 10.6 Å². The van der Waals surface area contributed by atoms with Gasteiger partial charge in [0.15, 0.2) is 0 Å². The van der Waals surface area contributed by atoms with Gasteiger partial charge in [-0.1, -0.05) is 42.2 Å². The molecule has 8 heteroatoms. The van der Waals surface area contributed by atoms with Crippen LogP contribution in [0.15, 0.2) is 54.6 Å². The van der Waals surface area contributed by atoms with Crippen LogP contribution in [0.2, 0.25) is 0 Å². The van der Waals surface area contributed by atoms with Gasteiger partial charge in [0.2, 0.25) is 0 Å². The summed E-state index contributed by atoms with van der Waals surface area (Å²) >= 11 is 0. The van der Waals surface area contributed by atoms with Crippen LogP contribution < -0.4 is 10.6 Å². The number of amides is 2. The molecule has 2 amide bonds. The number of urea groups is 1. The Kier molecular flexibility index (Phi) is 8.08. The van der Waals surface area contributed by atoms with Gasteiger partial charge in [0.25, 0.3) is 0 Å². The maximum atomic E-state index is 12.5. The molecule has 0 unspecified atom stereocenters. The predicted octanol–water partition coefficient (Wildman–Crippen LogP) is 3.31. The molecule has 1 atom stereocenters. The SMILES string of the molecule is O=C(NCC#Cc1ccc(C(F)(F)F)cc1)NCC[S@@](=O)Cc1ccccc1. The van der Waals surface area contributed by atoms with Crippen molar-refractivity contribution in [3.8, 4) is 11.8 Å². The number of hydrogen-bond donors (Lipinski definition) is 2. The molecule has 28 heavy (non-hydrogen) atoms. The molecule has 0 aliphatic rings. The molecule has 0 heterocycles. The number of hydrogen-bond acceptors (Lipinski definition) is 2. The third-order valence-electron chi connectivity index (χ3n) is 3.57. The fourth-order valence-electron chi connectivity index (χ4n) is 2.19. The first kappa shape index (κ1) is 21.5. The van der Waals surface area contributed by atoms with E-state index >= 15 is 0 Å². The monoisotopic (exact) mass is 408 g/mol. The topological polar surface area (TPSA) is 58.2 Å². The summed E-state index contributed by atoms with van der Waals surface area (Å²) in [6, 6.07) is 13.5. The molecule has 0 aliphatic carbocycles. The Labute approximate surface area is 164 Å². The highest BCUT2D eigenvalue weighted by atomic mass is 32.2. The van der Waals surface area contributed by atoms with Crippen molar-refractivity contribution in [2.75, 3.05) is 18.8 Å². The molecule has 0 bridgehead atoms. The highest BCUT2D eigenvalue weighted by Gasteiger charge is 2.29. The van der Waals surface area contributed by atoms with Gasteiger partial charge in [-0.2, -0.15) is 13.2 Å². The number of rotatable bonds is 6. The van der Waals surface area contributed by atoms with E-state index in [-0.39, 0.29) is 13.1 Å². The van der Waals surface area contributed by atoms with Crippen LogP contribution in [0.5, 0.6) is 0 Å². The van der Waals surface area contributed by atoms with Crippen molar-refractivity contribution in [1.29, 1.82) is 0 Å². The second-order valence-corrected chi connectivity index (χ2v) is 7.34. The molecule has 0 saturated carbocycles. The number of carbonyl (C=O) groups is 1. The Hall–Kier alpha value is -2.79. The van der Waals surface area contributed by atoms with Gasteiger partial charge in [-0.15, -0.1) is 0 Å². The van der Waals surface area contributed by atoms with Gasteiger partial charge in [-0.25, -0.2) is 4.79 Å². The summed E-state index contributed by atoms with van der Waals surface area (Å²) in [7, 11) is -1.08. The fraction of sp³-hybridized carbons (Fsp3) is 0.250. The van der Waals surface area contributed by atoms with Crippen molar-refractivity contribution in [2.45, 2.75) is 11.9 Å². The van der Waals surface area contributed by atoms with Gasteiger partial charge in [-0.3, -0.25) is 4.21 Å². The third kappa shape index (κ3) is 7.84. The van der Waals surface area contributed by atoms with Gasteiger partial charge >= 0.3 is 12.2 Å². The smallest absolute Gasteiger partial charge is 0.337 e. The fourth-order valence-corrected chi connectivity index (χ4v) is 3.22. The van der Waals surface area contributed by atoms with E-state index in [0.29, 0.717) is 17.1 Å². The largest absolute Gasteiger partial charge is 0.416 e. The number of halogens is 3. The van der Waals surface area contributed by atoms with Gasteiger partial charge in [0, 0.05) is 34.4 Å². The highest BCUT2D eigenvalue weighted by Crippen LogP contribution is 2.28. The summed E-state index contributed by atoms with van der Waals surface area (Å²) in [5.41, 5.74) is 0.663. The van der Waals surface area contributed by atoms with Crippen LogP contribution in [0, 0.1) is 11.8 Å². The molecule has 0 radical (unpaired) electrons. The molecule has 2 aromatic carbocycles. The van der Waals surface area contributed by atoms with Crippen molar-refractivity contribution in [2.24, 2.45) is 0 Å². The molecule has 0 fully saturated rings. The molecule has 2 N–H and O–H groups in total. The minimum absolute atomic E-state index is 0.0416. The van der Waals surface area contributed by atoms with E-state index in [9.17, 15) is 22.2 Å². The van der Waals surface area contributed by atoms with Gasteiger partial charge in [0.05, 0.1) is 12.1 Å². The lowest BCUT2D eigenvalue weighted by Gasteiger charge is -2.06. The lowest BCUT2D eigenvalue weighted by Crippen LogP contribution is -2.37. The van der Waals surface area contributed by atoms with E-state index in [1.807, 2.05) is 30.3 Å². The van der Waals surface area contributed by atoms with Crippen LogP contribution in [-0.4, -0.2) is 29.1 Å². The zero-order valence-corrected chi connectivity index (χ0v) is 15.7. The van der Waals surface area contributed by atoms with Crippen molar-refractivity contribution >= 4 is 16.8 Å². The van der Waals surface area contributed by atoms with Crippen LogP contribution >= 0.6 is 0 Å². The summed E-state index contributed by atoms with van der Waals surface area (Å²) in [6.45, 7) is 0.303. The first-order chi connectivity index (χ1) is 13.3. The Morgan fingerprint density at radius 2 is 1.68 bits per heavy atom. The number of carbonyl (C=O) groups excluding carboxylic acids is 1. The quantitative estimate of drug-likeness (QED) is 0.721.